The van der Waals surface area contributed by atoms with E-state index in [1.165, 1.54) is 6.07 Å². The fourth-order valence-electron chi connectivity index (χ4n) is 1.47. The zero-order valence-corrected chi connectivity index (χ0v) is 11.4. The number of carbonyl (C=O) groups is 1. The van der Waals surface area contributed by atoms with Gasteiger partial charge in [0.15, 0.2) is 0 Å². The molecule has 0 bridgehead atoms. The van der Waals surface area contributed by atoms with E-state index in [0.29, 0.717) is 12.8 Å². The highest BCUT2D eigenvalue weighted by molar-refractivity contribution is 6.36. The van der Waals surface area contributed by atoms with Crippen LogP contribution in [0.4, 0.5) is 4.39 Å². The monoisotopic (exact) mass is 293 g/mol. The van der Waals surface area contributed by atoms with Crippen molar-refractivity contribution in [2.45, 2.75) is 25.8 Å². The number of aliphatic hydroxyl groups is 1. The summed E-state index contributed by atoms with van der Waals surface area (Å²) >= 11 is 11.4. The summed E-state index contributed by atoms with van der Waals surface area (Å²) in [6, 6.07) is 2.09. The Kier molecular flexibility index (Phi) is 5.85. The molecule has 0 saturated carbocycles. The third kappa shape index (κ3) is 4.12. The van der Waals surface area contributed by atoms with Crippen molar-refractivity contribution in [1.29, 1.82) is 0 Å². The first-order chi connectivity index (χ1) is 8.45. The molecule has 1 aromatic carbocycles. The number of amides is 1. The van der Waals surface area contributed by atoms with Crippen molar-refractivity contribution >= 4 is 29.1 Å². The van der Waals surface area contributed by atoms with Crippen LogP contribution in [-0.2, 0) is 0 Å². The summed E-state index contributed by atoms with van der Waals surface area (Å²) in [7, 11) is 0. The number of aliphatic hydroxyl groups excluding tert-OH is 1. The van der Waals surface area contributed by atoms with Gasteiger partial charge in [0.05, 0.1) is 15.6 Å². The zero-order valence-electron chi connectivity index (χ0n) is 9.84. The topological polar surface area (TPSA) is 49.3 Å². The van der Waals surface area contributed by atoms with Crippen LogP contribution >= 0.6 is 23.2 Å². The largest absolute Gasteiger partial charge is 0.396 e. The molecule has 0 heterocycles. The van der Waals surface area contributed by atoms with Gasteiger partial charge < -0.3 is 10.4 Å². The Morgan fingerprint density at radius 2 is 2.11 bits per heavy atom. The van der Waals surface area contributed by atoms with Gasteiger partial charge in [-0.25, -0.2) is 4.39 Å². The summed E-state index contributed by atoms with van der Waals surface area (Å²) in [6.07, 6.45) is 1.22. The molecule has 0 saturated heterocycles. The third-order valence-electron chi connectivity index (χ3n) is 2.43. The van der Waals surface area contributed by atoms with E-state index in [2.05, 4.69) is 5.32 Å². The van der Waals surface area contributed by atoms with Gasteiger partial charge in [-0.1, -0.05) is 23.2 Å². The predicted molar refractivity (Wildman–Crippen MR) is 69.7 cm³/mol. The fourth-order valence-corrected chi connectivity index (χ4v) is 1.94. The third-order valence-corrected chi connectivity index (χ3v) is 3.03. The summed E-state index contributed by atoms with van der Waals surface area (Å²) in [5, 5.41) is 11.3. The van der Waals surface area contributed by atoms with Gasteiger partial charge in [-0.15, -0.1) is 0 Å². The second-order valence-corrected chi connectivity index (χ2v) is 4.80. The molecule has 0 fully saturated rings. The van der Waals surface area contributed by atoms with Crippen LogP contribution in [0, 0.1) is 5.82 Å². The SMILES string of the molecule is CC(CCCO)NC(=O)c1cc(F)c(Cl)cc1Cl. The van der Waals surface area contributed by atoms with E-state index in [9.17, 15) is 9.18 Å². The van der Waals surface area contributed by atoms with Gasteiger partial charge in [-0.3, -0.25) is 4.79 Å². The van der Waals surface area contributed by atoms with Crippen LogP contribution in [0.3, 0.4) is 0 Å². The molecule has 0 aromatic heterocycles. The molecule has 2 N–H and O–H groups in total. The van der Waals surface area contributed by atoms with E-state index >= 15 is 0 Å². The number of hydrogen-bond acceptors (Lipinski definition) is 2. The molecule has 6 heteroatoms. The molecule has 18 heavy (non-hydrogen) atoms. The predicted octanol–water partition coefficient (Wildman–Crippen LogP) is 3.02. The van der Waals surface area contributed by atoms with Crippen LogP contribution < -0.4 is 5.32 Å². The minimum Gasteiger partial charge on any atom is -0.396 e. The molecule has 1 amide bonds. The van der Waals surface area contributed by atoms with E-state index in [1.807, 2.05) is 0 Å². The molecule has 100 valence electrons. The summed E-state index contributed by atoms with van der Waals surface area (Å²) in [5.41, 5.74) is 0.0504. The van der Waals surface area contributed by atoms with Crippen molar-refractivity contribution in [3.05, 3.63) is 33.6 Å². The minimum absolute atomic E-state index is 0.0504. The Bertz CT molecular complexity index is 440. The number of halogens is 3. The highest BCUT2D eigenvalue weighted by Gasteiger charge is 2.15. The second-order valence-electron chi connectivity index (χ2n) is 3.99. The molecule has 0 spiro atoms. The summed E-state index contributed by atoms with van der Waals surface area (Å²) < 4.78 is 13.3. The van der Waals surface area contributed by atoms with Gasteiger partial charge in [0.25, 0.3) is 5.91 Å². The number of nitrogens with one attached hydrogen (secondary N) is 1. The van der Waals surface area contributed by atoms with Crippen molar-refractivity contribution in [2.75, 3.05) is 6.61 Å². The lowest BCUT2D eigenvalue weighted by atomic mass is 10.1. The lowest BCUT2D eigenvalue weighted by Crippen LogP contribution is -2.32. The van der Waals surface area contributed by atoms with Gasteiger partial charge in [-0.05, 0) is 31.9 Å². The van der Waals surface area contributed by atoms with Gasteiger partial charge >= 0.3 is 0 Å². The van der Waals surface area contributed by atoms with Gasteiger partial charge in [0, 0.05) is 12.6 Å². The quantitative estimate of drug-likeness (QED) is 0.820. The molecule has 0 aliphatic rings. The molecule has 0 radical (unpaired) electrons. The maximum Gasteiger partial charge on any atom is 0.253 e. The van der Waals surface area contributed by atoms with E-state index in [-0.39, 0.29) is 28.3 Å². The molecule has 0 aliphatic heterocycles. The van der Waals surface area contributed by atoms with E-state index in [0.717, 1.165) is 6.07 Å². The number of rotatable bonds is 5. The maximum atomic E-state index is 13.3. The first kappa shape index (κ1) is 15.2. The van der Waals surface area contributed by atoms with Gasteiger partial charge in [0.1, 0.15) is 5.82 Å². The van der Waals surface area contributed by atoms with Crippen LogP contribution in [0.15, 0.2) is 12.1 Å². The van der Waals surface area contributed by atoms with Crippen LogP contribution in [0.25, 0.3) is 0 Å². The Morgan fingerprint density at radius 1 is 1.44 bits per heavy atom. The lowest BCUT2D eigenvalue weighted by Gasteiger charge is -2.14. The Balaban J connectivity index is 2.75. The average Bonchev–Trinajstić information content (AvgIpc) is 2.31. The van der Waals surface area contributed by atoms with E-state index in [4.69, 9.17) is 28.3 Å². The second kappa shape index (κ2) is 6.92. The van der Waals surface area contributed by atoms with E-state index < -0.39 is 11.7 Å². The molecule has 0 aliphatic carbocycles. The van der Waals surface area contributed by atoms with Gasteiger partial charge in [-0.2, -0.15) is 0 Å². The summed E-state index contributed by atoms with van der Waals surface area (Å²) in [4.78, 5) is 11.8. The van der Waals surface area contributed by atoms with Crippen LogP contribution in [0.5, 0.6) is 0 Å². The Morgan fingerprint density at radius 3 is 2.72 bits per heavy atom. The zero-order chi connectivity index (χ0) is 13.7. The fraction of sp³-hybridized carbons (Fsp3) is 0.417. The van der Waals surface area contributed by atoms with Crippen molar-refractivity contribution in [3.8, 4) is 0 Å². The van der Waals surface area contributed by atoms with Crippen molar-refractivity contribution in [1.82, 2.24) is 5.32 Å². The Labute approximate surface area is 115 Å². The number of hydrogen-bond donors (Lipinski definition) is 2. The minimum atomic E-state index is -0.686. The first-order valence-corrected chi connectivity index (χ1v) is 6.27. The highest BCUT2D eigenvalue weighted by Crippen LogP contribution is 2.24. The van der Waals surface area contributed by atoms with Crippen molar-refractivity contribution < 1.29 is 14.3 Å². The lowest BCUT2D eigenvalue weighted by molar-refractivity contribution is 0.0936. The maximum absolute atomic E-state index is 13.3. The summed E-state index contributed by atoms with van der Waals surface area (Å²) in [5.74, 6) is -1.14. The molecule has 1 aromatic rings. The highest BCUT2D eigenvalue weighted by atomic mass is 35.5. The van der Waals surface area contributed by atoms with Crippen LogP contribution in [0.1, 0.15) is 30.1 Å². The molecule has 1 unspecified atom stereocenters. The number of benzene rings is 1. The van der Waals surface area contributed by atoms with Crippen molar-refractivity contribution in [3.63, 3.8) is 0 Å². The van der Waals surface area contributed by atoms with Gasteiger partial charge in [0.2, 0.25) is 0 Å². The average molecular weight is 294 g/mol. The Hall–Kier alpha value is -0.840. The number of carbonyl (C=O) groups excluding carboxylic acids is 1. The molecule has 1 rings (SSSR count). The van der Waals surface area contributed by atoms with Crippen LogP contribution in [0.2, 0.25) is 10.0 Å². The molecule has 3 nitrogen and oxygen atoms in total. The normalized spacial score (nSPS) is 12.3. The first-order valence-electron chi connectivity index (χ1n) is 5.52. The summed E-state index contributed by atoms with van der Waals surface area (Å²) in [6.45, 7) is 1.87. The van der Waals surface area contributed by atoms with Crippen LogP contribution in [-0.4, -0.2) is 23.7 Å². The molecule has 1 atom stereocenters. The smallest absolute Gasteiger partial charge is 0.253 e. The standard InChI is InChI=1S/C12H14Cl2FNO2/c1-7(3-2-4-17)16-12(18)8-5-11(15)10(14)6-9(8)13/h5-7,17H,2-4H2,1H3,(H,16,18). The van der Waals surface area contributed by atoms with E-state index in [1.54, 1.807) is 6.92 Å². The molecular formula is C12H14Cl2FNO2. The molecular weight excluding hydrogens is 280 g/mol. The van der Waals surface area contributed by atoms with Crippen molar-refractivity contribution in [2.24, 2.45) is 0 Å².